The van der Waals surface area contributed by atoms with E-state index in [4.69, 9.17) is 11.6 Å². The molecule has 0 aromatic carbocycles. The first-order valence-electron chi connectivity index (χ1n) is 3.90. The molecule has 0 bridgehead atoms. The molecular weight excluding hydrogens is 186 g/mol. The van der Waals surface area contributed by atoms with Crippen molar-refractivity contribution in [3.05, 3.63) is 35.9 Å². The van der Waals surface area contributed by atoms with Crippen LogP contribution in [0.1, 0.15) is 5.56 Å². The molecule has 3 nitrogen and oxygen atoms in total. The maximum atomic E-state index is 5.86. The van der Waals surface area contributed by atoms with Crippen LogP contribution in [0.5, 0.6) is 0 Å². The molecule has 0 spiro atoms. The molecule has 0 aliphatic rings. The van der Waals surface area contributed by atoms with Crippen molar-refractivity contribution < 1.29 is 0 Å². The van der Waals surface area contributed by atoms with Crippen molar-refractivity contribution in [1.82, 2.24) is 15.0 Å². The van der Waals surface area contributed by atoms with Gasteiger partial charge in [-0.25, -0.2) is 9.97 Å². The van der Waals surface area contributed by atoms with E-state index < -0.39 is 0 Å². The lowest BCUT2D eigenvalue weighted by atomic mass is 10.2. The fourth-order valence-corrected chi connectivity index (χ4v) is 1.46. The molecule has 2 heterocycles. The van der Waals surface area contributed by atoms with Crippen molar-refractivity contribution in [2.24, 2.45) is 0 Å². The third-order valence-electron chi connectivity index (χ3n) is 1.86. The Morgan fingerprint density at radius 2 is 2.38 bits per heavy atom. The SMILES string of the molecule is C=CCc1c[nH]c2c(Cl)ncnc12. The first-order chi connectivity index (χ1) is 6.33. The molecule has 0 atom stereocenters. The summed E-state index contributed by atoms with van der Waals surface area (Å²) in [6.07, 6.45) is 5.96. The van der Waals surface area contributed by atoms with E-state index in [0.29, 0.717) is 5.15 Å². The molecule has 0 unspecified atom stereocenters. The minimum atomic E-state index is 0.459. The van der Waals surface area contributed by atoms with Crippen LogP contribution in [0.15, 0.2) is 25.2 Å². The quantitative estimate of drug-likeness (QED) is 0.588. The summed E-state index contributed by atoms with van der Waals surface area (Å²) in [6.45, 7) is 3.67. The third kappa shape index (κ3) is 1.31. The predicted octanol–water partition coefficient (Wildman–Crippen LogP) is 2.34. The van der Waals surface area contributed by atoms with Gasteiger partial charge in [0.15, 0.2) is 5.15 Å². The number of nitrogens with one attached hydrogen (secondary N) is 1. The Morgan fingerprint density at radius 1 is 1.54 bits per heavy atom. The van der Waals surface area contributed by atoms with Crippen LogP contribution in [-0.4, -0.2) is 15.0 Å². The van der Waals surface area contributed by atoms with E-state index in [9.17, 15) is 0 Å². The van der Waals surface area contributed by atoms with Crippen LogP contribution in [0, 0.1) is 0 Å². The summed E-state index contributed by atoms with van der Waals surface area (Å²) in [5, 5.41) is 0.459. The van der Waals surface area contributed by atoms with Gasteiger partial charge in [-0.1, -0.05) is 17.7 Å². The van der Waals surface area contributed by atoms with Crippen molar-refractivity contribution in [1.29, 1.82) is 0 Å². The molecule has 0 saturated heterocycles. The largest absolute Gasteiger partial charge is 0.357 e. The van der Waals surface area contributed by atoms with Crippen LogP contribution in [0.2, 0.25) is 5.15 Å². The van der Waals surface area contributed by atoms with E-state index >= 15 is 0 Å². The molecule has 0 aliphatic carbocycles. The van der Waals surface area contributed by atoms with Crippen molar-refractivity contribution in [3.8, 4) is 0 Å². The Labute approximate surface area is 80.5 Å². The molecule has 2 rings (SSSR count). The Hall–Kier alpha value is -1.35. The van der Waals surface area contributed by atoms with E-state index in [1.165, 1.54) is 6.33 Å². The van der Waals surface area contributed by atoms with Crippen molar-refractivity contribution in [3.63, 3.8) is 0 Å². The third-order valence-corrected chi connectivity index (χ3v) is 2.15. The Kier molecular flexibility index (Phi) is 2.02. The van der Waals surface area contributed by atoms with E-state index in [1.54, 1.807) is 0 Å². The van der Waals surface area contributed by atoms with E-state index in [1.807, 2.05) is 12.3 Å². The molecule has 13 heavy (non-hydrogen) atoms. The van der Waals surface area contributed by atoms with Crippen molar-refractivity contribution in [2.45, 2.75) is 6.42 Å². The van der Waals surface area contributed by atoms with Gasteiger partial charge in [0.1, 0.15) is 11.8 Å². The Morgan fingerprint density at radius 3 is 3.15 bits per heavy atom. The van der Waals surface area contributed by atoms with Gasteiger partial charge < -0.3 is 4.98 Å². The molecule has 1 N–H and O–H groups in total. The van der Waals surface area contributed by atoms with Crippen LogP contribution in [0.3, 0.4) is 0 Å². The molecule has 2 aromatic rings. The standard InChI is InChI=1S/C9H8ClN3/c1-2-3-6-4-11-8-7(6)12-5-13-9(8)10/h2,4-5,11H,1,3H2. The summed E-state index contributed by atoms with van der Waals surface area (Å²) >= 11 is 5.86. The summed E-state index contributed by atoms with van der Waals surface area (Å²) in [5.41, 5.74) is 2.76. The maximum absolute atomic E-state index is 5.86. The van der Waals surface area contributed by atoms with Gasteiger partial charge >= 0.3 is 0 Å². The van der Waals surface area contributed by atoms with Crippen molar-refractivity contribution >= 4 is 22.6 Å². The lowest BCUT2D eigenvalue weighted by molar-refractivity contribution is 1.20. The fraction of sp³-hybridized carbons (Fsp3) is 0.111. The zero-order chi connectivity index (χ0) is 9.26. The number of rotatable bonds is 2. The second-order valence-corrected chi connectivity index (χ2v) is 3.05. The molecule has 0 fully saturated rings. The van der Waals surface area contributed by atoms with Gasteiger partial charge in [0, 0.05) is 6.20 Å². The highest BCUT2D eigenvalue weighted by molar-refractivity contribution is 6.33. The zero-order valence-electron chi connectivity index (χ0n) is 6.92. The monoisotopic (exact) mass is 193 g/mol. The molecule has 0 radical (unpaired) electrons. The first-order valence-corrected chi connectivity index (χ1v) is 4.28. The van der Waals surface area contributed by atoms with Gasteiger partial charge in [-0.2, -0.15) is 0 Å². The summed E-state index contributed by atoms with van der Waals surface area (Å²) in [4.78, 5) is 11.1. The van der Waals surface area contributed by atoms with Gasteiger partial charge in [-0.05, 0) is 12.0 Å². The van der Waals surface area contributed by atoms with Gasteiger partial charge in [-0.15, -0.1) is 6.58 Å². The second kappa shape index (κ2) is 3.18. The van der Waals surface area contributed by atoms with Gasteiger partial charge in [0.2, 0.25) is 0 Å². The highest BCUT2D eigenvalue weighted by atomic mass is 35.5. The van der Waals surface area contributed by atoms with Gasteiger partial charge in [-0.3, -0.25) is 0 Å². The Bertz CT molecular complexity index is 447. The van der Waals surface area contributed by atoms with Crippen LogP contribution >= 0.6 is 11.6 Å². The number of nitrogens with zero attached hydrogens (tertiary/aromatic N) is 2. The highest BCUT2D eigenvalue weighted by Crippen LogP contribution is 2.21. The summed E-state index contributed by atoms with van der Waals surface area (Å²) in [6, 6.07) is 0. The summed E-state index contributed by atoms with van der Waals surface area (Å²) in [7, 11) is 0. The maximum Gasteiger partial charge on any atom is 0.156 e. The number of hydrogen-bond donors (Lipinski definition) is 1. The van der Waals surface area contributed by atoms with Crippen LogP contribution in [0.25, 0.3) is 11.0 Å². The topological polar surface area (TPSA) is 41.6 Å². The average Bonchev–Trinajstić information content (AvgIpc) is 2.51. The number of hydrogen-bond acceptors (Lipinski definition) is 2. The number of H-pyrrole nitrogens is 1. The minimum Gasteiger partial charge on any atom is -0.357 e. The number of aromatic nitrogens is 3. The first kappa shape index (κ1) is 8.26. The summed E-state index contributed by atoms with van der Waals surface area (Å²) in [5.74, 6) is 0. The second-order valence-electron chi connectivity index (χ2n) is 2.69. The van der Waals surface area contributed by atoms with Gasteiger partial charge in [0.05, 0.1) is 5.52 Å². The lowest BCUT2D eigenvalue weighted by Crippen LogP contribution is -1.83. The molecule has 66 valence electrons. The molecule has 2 aromatic heterocycles. The molecule has 0 saturated carbocycles. The number of aromatic amines is 1. The predicted molar refractivity (Wildman–Crippen MR) is 52.8 cm³/mol. The highest BCUT2D eigenvalue weighted by Gasteiger charge is 2.06. The summed E-state index contributed by atoms with van der Waals surface area (Å²) < 4.78 is 0. The smallest absolute Gasteiger partial charge is 0.156 e. The number of allylic oxidation sites excluding steroid dienone is 1. The van der Waals surface area contributed by atoms with Gasteiger partial charge in [0.25, 0.3) is 0 Å². The van der Waals surface area contributed by atoms with E-state index in [0.717, 1.165) is 23.0 Å². The van der Waals surface area contributed by atoms with Crippen molar-refractivity contribution in [2.75, 3.05) is 0 Å². The molecule has 4 heteroatoms. The lowest BCUT2D eigenvalue weighted by Gasteiger charge is -1.93. The van der Waals surface area contributed by atoms with Crippen LogP contribution < -0.4 is 0 Å². The van der Waals surface area contributed by atoms with Crippen LogP contribution in [0.4, 0.5) is 0 Å². The molecular formula is C9H8ClN3. The van der Waals surface area contributed by atoms with E-state index in [2.05, 4.69) is 21.5 Å². The average molecular weight is 194 g/mol. The van der Waals surface area contributed by atoms with Crippen LogP contribution in [-0.2, 0) is 6.42 Å². The normalized spacial score (nSPS) is 10.5. The fourth-order valence-electron chi connectivity index (χ4n) is 1.27. The molecule has 0 amide bonds. The minimum absolute atomic E-state index is 0.459. The zero-order valence-corrected chi connectivity index (χ0v) is 7.67. The Balaban J connectivity index is 2.67. The number of fused-ring (bicyclic) bond motifs is 1. The number of halogens is 1. The molecule has 0 aliphatic heterocycles. The van der Waals surface area contributed by atoms with E-state index in [-0.39, 0.29) is 0 Å².